The molecular formula is C11H19NO3. The van der Waals surface area contributed by atoms with E-state index in [1.807, 2.05) is 13.8 Å². The molecule has 1 aliphatic carbocycles. The summed E-state index contributed by atoms with van der Waals surface area (Å²) in [6.07, 6.45) is 3.20. The SMILES string of the molecule is CCCCC(NC(=O)C1CC1C)C(=O)O. The zero-order valence-corrected chi connectivity index (χ0v) is 9.32. The van der Waals surface area contributed by atoms with Crippen LogP contribution >= 0.6 is 0 Å². The number of nitrogens with one attached hydrogen (secondary N) is 1. The Morgan fingerprint density at radius 3 is 2.53 bits per heavy atom. The molecule has 86 valence electrons. The van der Waals surface area contributed by atoms with Gasteiger partial charge in [0.2, 0.25) is 5.91 Å². The summed E-state index contributed by atoms with van der Waals surface area (Å²) in [7, 11) is 0. The maximum absolute atomic E-state index is 11.5. The summed E-state index contributed by atoms with van der Waals surface area (Å²) in [4.78, 5) is 22.4. The first-order valence-corrected chi connectivity index (χ1v) is 5.59. The molecule has 0 aromatic heterocycles. The Morgan fingerprint density at radius 1 is 1.53 bits per heavy atom. The predicted molar refractivity (Wildman–Crippen MR) is 56.4 cm³/mol. The highest BCUT2D eigenvalue weighted by molar-refractivity contribution is 5.86. The van der Waals surface area contributed by atoms with Crippen LogP contribution in [0.1, 0.15) is 39.5 Å². The molecule has 4 nitrogen and oxygen atoms in total. The van der Waals surface area contributed by atoms with Crippen molar-refractivity contribution in [2.24, 2.45) is 11.8 Å². The fourth-order valence-corrected chi connectivity index (χ4v) is 1.63. The molecule has 15 heavy (non-hydrogen) atoms. The third-order valence-corrected chi connectivity index (χ3v) is 2.91. The Hall–Kier alpha value is -1.06. The highest BCUT2D eigenvalue weighted by Crippen LogP contribution is 2.37. The molecule has 0 radical (unpaired) electrons. The van der Waals surface area contributed by atoms with Crippen LogP contribution in [0.2, 0.25) is 0 Å². The van der Waals surface area contributed by atoms with Crippen molar-refractivity contribution < 1.29 is 14.7 Å². The molecule has 1 saturated carbocycles. The first kappa shape index (κ1) is 12.0. The van der Waals surface area contributed by atoms with Crippen LogP contribution in [0.4, 0.5) is 0 Å². The number of carboxylic acid groups (broad SMARTS) is 1. The van der Waals surface area contributed by atoms with Gasteiger partial charge in [0.1, 0.15) is 6.04 Å². The Labute approximate surface area is 90.0 Å². The van der Waals surface area contributed by atoms with E-state index < -0.39 is 12.0 Å². The average Bonchev–Trinajstić information content (AvgIpc) is 2.89. The Balaban J connectivity index is 2.36. The summed E-state index contributed by atoms with van der Waals surface area (Å²) in [5, 5.41) is 11.5. The number of carbonyl (C=O) groups excluding carboxylic acids is 1. The smallest absolute Gasteiger partial charge is 0.326 e. The van der Waals surface area contributed by atoms with Gasteiger partial charge < -0.3 is 10.4 Å². The Bertz CT molecular complexity index is 252. The predicted octanol–water partition coefficient (Wildman–Crippen LogP) is 1.40. The minimum absolute atomic E-state index is 0.0495. The molecule has 2 N–H and O–H groups in total. The first-order valence-electron chi connectivity index (χ1n) is 5.59. The molecule has 4 heteroatoms. The zero-order valence-electron chi connectivity index (χ0n) is 9.32. The lowest BCUT2D eigenvalue weighted by atomic mass is 10.1. The van der Waals surface area contributed by atoms with Crippen molar-refractivity contribution in [1.82, 2.24) is 5.32 Å². The van der Waals surface area contributed by atoms with Crippen molar-refractivity contribution in [2.75, 3.05) is 0 Å². The maximum Gasteiger partial charge on any atom is 0.326 e. The van der Waals surface area contributed by atoms with Gasteiger partial charge in [0.05, 0.1) is 0 Å². The van der Waals surface area contributed by atoms with Gasteiger partial charge >= 0.3 is 5.97 Å². The minimum Gasteiger partial charge on any atom is -0.480 e. The fraction of sp³-hybridized carbons (Fsp3) is 0.818. The zero-order chi connectivity index (χ0) is 11.4. The quantitative estimate of drug-likeness (QED) is 0.701. The topological polar surface area (TPSA) is 66.4 Å². The van der Waals surface area contributed by atoms with Crippen molar-refractivity contribution in [3.63, 3.8) is 0 Å². The van der Waals surface area contributed by atoms with Gasteiger partial charge in [0.25, 0.3) is 0 Å². The normalized spacial score (nSPS) is 25.7. The standard InChI is InChI=1S/C11H19NO3/c1-3-4-5-9(11(14)15)12-10(13)8-6-7(8)2/h7-9H,3-6H2,1-2H3,(H,12,13)(H,14,15). The van der Waals surface area contributed by atoms with E-state index in [2.05, 4.69) is 5.32 Å². The van der Waals surface area contributed by atoms with Crippen LogP contribution < -0.4 is 5.32 Å². The molecule has 1 fully saturated rings. The van der Waals surface area contributed by atoms with Gasteiger partial charge in [-0.25, -0.2) is 4.79 Å². The third-order valence-electron chi connectivity index (χ3n) is 2.91. The van der Waals surface area contributed by atoms with Crippen molar-refractivity contribution in [1.29, 1.82) is 0 Å². The lowest BCUT2D eigenvalue weighted by Gasteiger charge is -2.13. The van der Waals surface area contributed by atoms with Crippen LogP contribution in [0, 0.1) is 11.8 Å². The summed E-state index contributed by atoms with van der Waals surface area (Å²) >= 11 is 0. The number of aliphatic carboxylic acids is 1. The summed E-state index contributed by atoms with van der Waals surface area (Å²) in [5.41, 5.74) is 0. The molecule has 0 bridgehead atoms. The average molecular weight is 213 g/mol. The second-order valence-electron chi connectivity index (χ2n) is 4.36. The molecule has 0 aliphatic heterocycles. The molecule has 1 rings (SSSR count). The van der Waals surface area contributed by atoms with E-state index in [1.165, 1.54) is 0 Å². The highest BCUT2D eigenvalue weighted by Gasteiger charge is 2.40. The van der Waals surface area contributed by atoms with Gasteiger partial charge in [0.15, 0.2) is 0 Å². The van der Waals surface area contributed by atoms with Crippen molar-refractivity contribution >= 4 is 11.9 Å². The van der Waals surface area contributed by atoms with Crippen molar-refractivity contribution in [3.8, 4) is 0 Å². The van der Waals surface area contributed by atoms with E-state index in [0.717, 1.165) is 19.3 Å². The van der Waals surface area contributed by atoms with Gasteiger partial charge in [-0.15, -0.1) is 0 Å². The number of hydrogen-bond acceptors (Lipinski definition) is 2. The van der Waals surface area contributed by atoms with Gasteiger partial charge in [-0.1, -0.05) is 26.7 Å². The largest absolute Gasteiger partial charge is 0.480 e. The van der Waals surface area contributed by atoms with E-state index in [9.17, 15) is 9.59 Å². The monoisotopic (exact) mass is 213 g/mol. The summed E-state index contributed by atoms with van der Waals surface area (Å²) < 4.78 is 0. The van der Waals surface area contributed by atoms with Gasteiger partial charge in [-0.05, 0) is 18.8 Å². The highest BCUT2D eigenvalue weighted by atomic mass is 16.4. The van der Waals surface area contributed by atoms with Crippen LogP contribution in [0.15, 0.2) is 0 Å². The van der Waals surface area contributed by atoms with E-state index in [1.54, 1.807) is 0 Å². The number of carboxylic acids is 1. The van der Waals surface area contributed by atoms with Gasteiger partial charge in [-0.2, -0.15) is 0 Å². The summed E-state index contributed by atoms with van der Waals surface area (Å²) in [6, 6.07) is -0.703. The van der Waals surface area contributed by atoms with E-state index >= 15 is 0 Å². The van der Waals surface area contributed by atoms with Crippen LogP contribution in [0.25, 0.3) is 0 Å². The summed E-state index contributed by atoms with van der Waals surface area (Å²) in [5.74, 6) is -0.546. The van der Waals surface area contributed by atoms with Crippen LogP contribution in [-0.2, 0) is 9.59 Å². The number of rotatable bonds is 6. The molecule has 0 aromatic carbocycles. The second-order valence-corrected chi connectivity index (χ2v) is 4.36. The van der Waals surface area contributed by atoms with Gasteiger partial charge in [-0.3, -0.25) is 4.79 Å². The number of hydrogen-bond donors (Lipinski definition) is 2. The number of unbranched alkanes of at least 4 members (excludes halogenated alkanes) is 1. The van der Waals surface area contributed by atoms with Crippen molar-refractivity contribution in [3.05, 3.63) is 0 Å². The Kier molecular flexibility index (Phi) is 4.12. The van der Waals surface area contributed by atoms with Crippen LogP contribution in [0.5, 0.6) is 0 Å². The van der Waals surface area contributed by atoms with E-state index in [-0.39, 0.29) is 11.8 Å². The Morgan fingerprint density at radius 2 is 2.13 bits per heavy atom. The lowest BCUT2D eigenvalue weighted by molar-refractivity contribution is -0.142. The van der Waals surface area contributed by atoms with Crippen molar-refractivity contribution in [2.45, 2.75) is 45.6 Å². The van der Waals surface area contributed by atoms with E-state index in [0.29, 0.717) is 12.3 Å². The molecule has 3 atom stereocenters. The molecule has 0 heterocycles. The van der Waals surface area contributed by atoms with Gasteiger partial charge in [0, 0.05) is 5.92 Å². The number of amides is 1. The van der Waals surface area contributed by atoms with Crippen LogP contribution in [0.3, 0.4) is 0 Å². The van der Waals surface area contributed by atoms with Crippen LogP contribution in [-0.4, -0.2) is 23.0 Å². The molecule has 1 aliphatic rings. The second kappa shape index (κ2) is 5.14. The maximum atomic E-state index is 11.5. The molecule has 0 spiro atoms. The summed E-state index contributed by atoms with van der Waals surface area (Å²) in [6.45, 7) is 4.01. The molecule has 1 amide bonds. The molecule has 3 unspecified atom stereocenters. The molecular weight excluding hydrogens is 194 g/mol. The fourth-order valence-electron chi connectivity index (χ4n) is 1.63. The number of carbonyl (C=O) groups is 2. The third kappa shape index (κ3) is 3.53. The molecule has 0 saturated heterocycles. The lowest BCUT2D eigenvalue weighted by Crippen LogP contribution is -2.41. The first-order chi connectivity index (χ1) is 7.06. The molecule has 0 aromatic rings. The van der Waals surface area contributed by atoms with E-state index in [4.69, 9.17) is 5.11 Å². The minimum atomic E-state index is -0.926.